The third-order valence-electron chi connectivity index (χ3n) is 4.76. The molecule has 0 bridgehead atoms. The summed E-state index contributed by atoms with van der Waals surface area (Å²) in [6.07, 6.45) is 3.60. The van der Waals surface area contributed by atoms with Crippen molar-refractivity contribution in [3.63, 3.8) is 0 Å². The molecule has 0 radical (unpaired) electrons. The Kier molecular flexibility index (Phi) is 6.46. The van der Waals surface area contributed by atoms with E-state index in [1.54, 1.807) is 0 Å². The molecule has 1 amide bonds. The topological polar surface area (TPSA) is 126 Å². The van der Waals surface area contributed by atoms with Crippen LogP contribution in [0.15, 0.2) is 40.5 Å². The summed E-state index contributed by atoms with van der Waals surface area (Å²) in [4.78, 5) is 19.9. The Bertz CT molecular complexity index is 1160. The van der Waals surface area contributed by atoms with E-state index in [9.17, 15) is 21.6 Å². The highest BCUT2D eigenvalue weighted by molar-refractivity contribution is 7.90. The molecule has 0 atom stereocenters. The zero-order valence-electron chi connectivity index (χ0n) is 16.4. The van der Waals surface area contributed by atoms with E-state index in [2.05, 4.69) is 22.2 Å². The number of aromatic nitrogens is 2. The van der Waals surface area contributed by atoms with Gasteiger partial charge >= 0.3 is 0 Å². The third kappa shape index (κ3) is 4.97. The van der Waals surface area contributed by atoms with Gasteiger partial charge in [0.25, 0.3) is 5.91 Å². The van der Waals surface area contributed by atoms with Crippen molar-refractivity contribution in [3.8, 4) is 0 Å². The number of halogens is 1. The van der Waals surface area contributed by atoms with Gasteiger partial charge in [-0.05, 0) is 43.0 Å². The van der Waals surface area contributed by atoms with Crippen molar-refractivity contribution in [3.05, 3.63) is 41.2 Å². The molecule has 1 saturated heterocycles. The molecular formula is C18H21ClN4O5S2. The highest BCUT2D eigenvalue weighted by atomic mass is 35.5. The highest BCUT2D eigenvalue weighted by Crippen LogP contribution is 2.24. The first-order chi connectivity index (χ1) is 14.0. The van der Waals surface area contributed by atoms with Crippen molar-refractivity contribution >= 4 is 43.1 Å². The lowest BCUT2D eigenvalue weighted by Gasteiger charge is -2.29. The highest BCUT2D eigenvalue weighted by Gasteiger charge is 2.28. The number of sulfonamides is 1. The molecular weight excluding hydrogens is 452 g/mol. The maximum Gasteiger partial charge on any atom is 0.275 e. The van der Waals surface area contributed by atoms with Crippen molar-refractivity contribution in [2.45, 2.75) is 29.8 Å². The summed E-state index contributed by atoms with van der Waals surface area (Å²) in [5.74, 6) is -0.237. The van der Waals surface area contributed by atoms with E-state index in [0.717, 1.165) is 25.3 Å². The summed E-state index contributed by atoms with van der Waals surface area (Å²) < 4.78 is 50.2. The first-order valence-electron chi connectivity index (χ1n) is 9.12. The minimum Gasteiger partial charge on any atom is -0.321 e. The van der Waals surface area contributed by atoms with Gasteiger partial charge in [-0.25, -0.2) is 26.8 Å². The van der Waals surface area contributed by atoms with Gasteiger partial charge in [0.15, 0.2) is 5.69 Å². The van der Waals surface area contributed by atoms with E-state index in [1.165, 1.54) is 28.6 Å². The fraction of sp³-hybridized carbons (Fsp3) is 0.389. The Morgan fingerprint density at radius 1 is 1.13 bits per heavy atom. The van der Waals surface area contributed by atoms with E-state index in [1.807, 2.05) is 0 Å². The molecule has 3 rings (SSSR count). The SMILES string of the molecule is CC1CCN(S(=O)(=O)c2ccc(NC(=O)c3nc(S(C)(=O)=O)ncc3Cl)cc2)CC1. The molecule has 162 valence electrons. The number of nitrogens with zero attached hydrogens (tertiary/aromatic N) is 3. The summed E-state index contributed by atoms with van der Waals surface area (Å²) in [5, 5.41) is 1.89. The lowest BCUT2D eigenvalue weighted by atomic mass is 10.0. The first-order valence-corrected chi connectivity index (χ1v) is 12.8. The number of piperidine rings is 1. The summed E-state index contributed by atoms with van der Waals surface area (Å²) in [6, 6.07) is 5.72. The Morgan fingerprint density at radius 3 is 2.30 bits per heavy atom. The van der Waals surface area contributed by atoms with E-state index in [4.69, 9.17) is 11.6 Å². The summed E-state index contributed by atoms with van der Waals surface area (Å²) in [7, 11) is -7.32. The minimum atomic E-state index is -3.72. The predicted molar refractivity (Wildman–Crippen MR) is 112 cm³/mol. The van der Waals surface area contributed by atoms with Crippen LogP contribution in [0.25, 0.3) is 0 Å². The molecule has 0 unspecified atom stereocenters. The monoisotopic (exact) mass is 472 g/mol. The molecule has 1 aromatic carbocycles. The van der Waals surface area contributed by atoms with Crippen molar-refractivity contribution < 1.29 is 21.6 Å². The standard InChI is InChI=1S/C18H21ClN4O5S2/c1-12-7-9-23(10-8-12)30(27,28)14-5-3-13(4-6-14)21-17(24)16-15(19)11-20-18(22-16)29(2,25)26/h3-6,11-12H,7-10H2,1-2H3,(H,21,24). The van der Waals surface area contributed by atoms with E-state index < -0.39 is 30.9 Å². The van der Waals surface area contributed by atoms with Gasteiger partial charge in [0.05, 0.1) is 16.1 Å². The maximum atomic E-state index is 12.8. The van der Waals surface area contributed by atoms with Gasteiger partial charge in [0, 0.05) is 25.0 Å². The number of amides is 1. The molecule has 1 aromatic heterocycles. The Balaban J connectivity index is 1.77. The number of sulfone groups is 1. The second kappa shape index (κ2) is 8.58. The van der Waals surface area contributed by atoms with Crippen LogP contribution in [0.2, 0.25) is 5.02 Å². The van der Waals surface area contributed by atoms with Gasteiger partial charge in [0.1, 0.15) is 0 Å². The van der Waals surface area contributed by atoms with Crippen LogP contribution in [0, 0.1) is 5.92 Å². The molecule has 1 aliphatic heterocycles. The van der Waals surface area contributed by atoms with Gasteiger partial charge in [-0.2, -0.15) is 4.31 Å². The van der Waals surface area contributed by atoms with Gasteiger partial charge in [-0.15, -0.1) is 0 Å². The molecule has 1 fully saturated rings. The number of hydrogen-bond acceptors (Lipinski definition) is 7. The number of nitrogens with one attached hydrogen (secondary N) is 1. The number of rotatable bonds is 5. The lowest BCUT2D eigenvalue weighted by Crippen LogP contribution is -2.37. The van der Waals surface area contributed by atoms with Crippen LogP contribution in [-0.4, -0.2) is 56.4 Å². The summed E-state index contributed by atoms with van der Waals surface area (Å²) >= 11 is 5.92. The predicted octanol–water partition coefficient (Wildman–Crippen LogP) is 2.21. The summed E-state index contributed by atoms with van der Waals surface area (Å²) in [5.41, 5.74) is 0.00743. The van der Waals surface area contributed by atoms with Gasteiger partial charge in [0.2, 0.25) is 25.0 Å². The number of carbonyl (C=O) groups is 1. The van der Waals surface area contributed by atoms with Crippen LogP contribution in [0.3, 0.4) is 0 Å². The van der Waals surface area contributed by atoms with Gasteiger partial charge < -0.3 is 5.32 Å². The van der Waals surface area contributed by atoms with Crippen LogP contribution in [0.4, 0.5) is 5.69 Å². The molecule has 12 heteroatoms. The fourth-order valence-corrected chi connectivity index (χ4v) is 5.11. The molecule has 1 N–H and O–H groups in total. The average Bonchev–Trinajstić information content (AvgIpc) is 2.68. The second-order valence-corrected chi connectivity index (χ2v) is 11.4. The van der Waals surface area contributed by atoms with Crippen LogP contribution in [0.1, 0.15) is 30.3 Å². The number of benzene rings is 1. The van der Waals surface area contributed by atoms with Gasteiger partial charge in [-0.3, -0.25) is 4.79 Å². The van der Waals surface area contributed by atoms with Crippen LogP contribution < -0.4 is 5.32 Å². The van der Waals surface area contributed by atoms with Crippen LogP contribution in [0.5, 0.6) is 0 Å². The molecule has 0 saturated carbocycles. The molecule has 30 heavy (non-hydrogen) atoms. The first kappa shape index (κ1) is 22.6. The van der Waals surface area contributed by atoms with Crippen LogP contribution in [-0.2, 0) is 19.9 Å². The molecule has 2 aromatic rings. The number of carbonyl (C=O) groups excluding carboxylic acids is 1. The fourth-order valence-electron chi connectivity index (χ4n) is 2.96. The Hall–Kier alpha value is -2.08. The van der Waals surface area contributed by atoms with Crippen molar-refractivity contribution in [1.82, 2.24) is 14.3 Å². The second-order valence-electron chi connectivity index (χ2n) is 7.19. The molecule has 1 aliphatic rings. The lowest BCUT2D eigenvalue weighted by molar-refractivity contribution is 0.102. The Morgan fingerprint density at radius 2 is 1.73 bits per heavy atom. The maximum absolute atomic E-state index is 12.8. The van der Waals surface area contributed by atoms with E-state index >= 15 is 0 Å². The quantitative estimate of drug-likeness (QED) is 0.661. The van der Waals surface area contributed by atoms with E-state index in [-0.39, 0.29) is 15.6 Å². The molecule has 9 nitrogen and oxygen atoms in total. The smallest absolute Gasteiger partial charge is 0.275 e. The van der Waals surface area contributed by atoms with Crippen molar-refractivity contribution in [1.29, 1.82) is 0 Å². The molecule has 0 spiro atoms. The minimum absolute atomic E-state index is 0.113. The largest absolute Gasteiger partial charge is 0.321 e. The normalized spacial score (nSPS) is 16.4. The molecule has 2 heterocycles. The number of anilines is 1. The molecule has 0 aliphatic carbocycles. The zero-order valence-corrected chi connectivity index (χ0v) is 18.8. The van der Waals surface area contributed by atoms with E-state index in [0.29, 0.717) is 24.7 Å². The number of hydrogen-bond donors (Lipinski definition) is 1. The zero-order chi connectivity index (χ0) is 22.1. The average molecular weight is 473 g/mol. The third-order valence-corrected chi connectivity index (χ3v) is 7.81. The Labute approximate surface area is 180 Å². The van der Waals surface area contributed by atoms with Crippen LogP contribution >= 0.6 is 11.6 Å². The van der Waals surface area contributed by atoms with Gasteiger partial charge in [-0.1, -0.05) is 18.5 Å². The van der Waals surface area contributed by atoms with Crippen molar-refractivity contribution in [2.75, 3.05) is 24.7 Å². The van der Waals surface area contributed by atoms with Crippen molar-refractivity contribution in [2.24, 2.45) is 5.92 Å². The summed E-state index contributed by atoms with van der Waals surface area (Å²) in [6.45, 7) is 3.07.